The van der Waals surface area contributed by atoms with Gasteiger partial charge in [-0.25, -0.2) is 4.98 Å². The van der Waals surface area contributed by atoms with Crippen LogP contribution in [0.3, 0.4) is 0 Å². The van der Waals surface area contributed by atoms with Crippen molar-refractivity contribution in [1.29, 1.82) is 0 Å². The maximum Gasteiger partial charge on any atom is 0.311 e. The van der Waals surface area contributed by atoms with E-state index in [0.717, 1.165) is 5.69 Å². The number of aromatic nitrogens is 1. The average molecular weight is 250 g/mol. The van der Waals surface area contributed by atoms with Crippen LogP contribution < -0.4 is 5.32 Å². The molecule has 0 aromatic carbocycles. The smallest absolute Gasteiger partial charge is 0.311 e. The van der Waals surface area contributed by atoms with Crippen molar-refractivity contribution >= 4 is 11.9 Å². The molecule has 5 heteroatoms. The Morgan fingerprint density at radius 1 is 1.44 bits per heavy atom. The molecule has 0 aliphatic carbocycles. The molecule has 1 aromatic heterocycles. The Morgan fingerprint density at radius 2 is 2.11 bits per heavy atom. The molecule has 0 spiro atoms. The third-order valence-corrected chi connectivity index (χ3v) is 3.06. The maximum absolute atomic E-state index is 11.8. The molecule has 2 N–H and O–H groups in total. The zero-order valence-electron chi connectivity index (χ0n) is 10.9. The van der Waals surface area contributed by atoms with Gasteiger partial charge in [0.1, 0.15) is 5.69 Å². The molecule has 1 heterocycles. The Hall–Kier alpha value is -1.91. The van der Waals surface area contributed by atoms with E-state index in [4.69, 9.17) is 5.11 Å². The minimum Gasteiger partial charge on any atom is -0.481 e. The highest BCUT2D eigenvalue weighted by Crippen LogP contribution is 2.19. The molecule has 1 amide bonds. The first-order valence-corrected chi connectivity index (χ1v) is 5.84. The minimum atomic E-state index is -0.945. The maximum atomic E-state index is 11.8. The predicted molar refractivity (Wildman–Crippen MR) is 67.3 cm³/mol. The number of nitrogens with zero attached hydrogens (tertiary/aromatic N) is 1. The van der Waals surface area contributed by atoms with Gasteiger partial charge in [0.25, 0.3) is 5.91 Å². The van der Waals surface area contributed by atoms with Gasteiger partial charge in [-0.2, -0.15) is 0 Å². The fraction of sp³-hybridized carbons (Fsp3) is 0.462. The van der Waals surface area contributed by atoms with Crippen molar-refractivity contribution in [3.63, 3.8) is 0 Å². The molecule has 0 saturated heterocycles. The van der Waals surface area contributed by atoms with Crippen LogP contribution in [0.15, 0.2) is 18.2 Å². The molecule has 0 aliphatic heterocycles. The van der Waals surface area contributed by atoms with Gasteiger partial charge in [-0.3, -0.25) is 9.59 Å². The summed E-state index contributed by atoms with van der Waals surface area (Å²) in [6.45, 7) is 5.28. The summed E-state index contributed by atoms with van der Waals surface area (Å²) >= 11 is 0. The molecule has 5 nitrogen and oxygen atoms in total. The van der Waals surface area contributed by atoms with E-state index in [1.165, 1.54) is 0 Å². The minimum absolute atomic E-state index is 0.0906. The lowest BCUT2D eigenvalue weighted by Gasteiger charge is -2.23. The zero-order valence-corrected chi connectivity index (χ0v) is 10.9. The number of aryl methyl sites for hydroxylation is 1. The topological polar surface area (TPSA) is 79.3 Å². The largest absolute Gasteiger partial charge is 0.481 e. The fourth-order valence-electron chi connectivity index (χ4n) is 1.39. The van der Waals surface area contributed by atoms with Crippen molar-refractivity contribution in [2.45, 2.75) is 27.2 Å². The highest BCUT2D eigenvalue weighted by Gasteiger charge is 2.31. The first-order valence-electron chi connectivity index (χ1n) is 5.84. The van der Waals surface area contributed by atoms with Crippen LogP contribution in [0.25, 0.3) is 0 Å². The number of carboxylic acids is 1. The summed E-state index contributed by atoms with van der Waals surface area (Å²) in [5.74, 6) is -1.26. The van der Waals surface area contributed by atoms with Gasteiger partial charge in [0.15, 0.2) is 0 Å². The van der Waals surface area contributed by atoms with Crippen LogP contribution in [0.4, 0.5) is 0 Å². The van der Waals surface area contributed by atoms with Crippen LogP contribution in [-0.2, 0) is 4.79 Å². The number of carbonyl (C=O) groups excluding carboxylic acids is 1. The highest BCUT2D eigenvalue weighted by atomic mass is 16.4. The van der Waals surface area contributed by atoms with E-state index < -0.39 is 11.4 Å². The van der Waals surface area contributed by atoms with Crippen molar-refractivity contribution in [2.75, 3.05) is 6.54 Å². The lowest BCUT2D eigenvalue weighted by atomic mass is 9.88. The molecule has 1 rings (SSSR count). The van der Waals surface area contributed by atoms with Crippen molar-refractivity contribution in [1.82, 2.24) is 10.3 Å². The third kappa shape index (κ3) is 3.29. The Labute approximate surface area is 106 Å². The molecule has 1 unspecified atom stereocenters. The number of amides is 1. The monoisotopic (exact) mass is 250 g/mol. The second kappa shape index (κ2) is 5.62. The number of aliphatic carboxylic acids is 1. The average Bonchev–Trinajstić information content (AvgIpc) is 2.35. The van der Waals surface area contributed by atoms with Crippen LogP contribution in [-0.4, -0.2) is 28.5 Å². The van der Waals surface area contributed by atoms with Gasteiger partial charge in [-0.15, -0.1) is 0 Å². The molecule has 1 aromatic rings. The van der Waals surface area contributed by atoms with Crippen molar-refractivity contribution in [3.05, 3.63) is 29.6 Å². The standard InChI is InChI=1S/C13H18N2O3/c1-4-13(3,12(17)18)8-14-11(16)10-7-5-6-9(2)15-10/h5-7H,4,8H2,1-3H3,(H,14,16)(H,17,18). The summed E-state index contributed by atoms with van der Waals surface area (Å²) in [6.07, 6.45) is 0.448. The quantitative estimate of drug-likeness (QED) is 0.832. The fourth-order valence-corrected chi connectivity index (χ4v) is 1.39. The molecule has 98 valence electrons. The number of carboxylic acid groups (broad SMARTS) is 1. The number of carbonyl (C=O) groups is 2. The molecule has 0 aliphatic rings. The van der Waals surface area contributed by atoms with E-state index in [0.29, 0.717) is 12.1 Å². The molecule has 0 saturated carbocycles. The lowest BCUT2D eigenvalue weighted by Crippen LogP contribution is -2.40. The predicted octanol–water partition coefficient (Wildman–Crippen LogP) is 1.62. The molecule has 0 radical (unpaired) electrons. The van der Waals surface area contributed by atoms with Crippen LogP contribution in [0.2, 0.25) is 0 Å². The second-order valence-corrected chi connectivity index (χ2v) is 4.57. The summed E-state index contributed by atoms with van der Waals surface area (Å²) in [5, 5.41) is 11.7. The molecule has 1 atom stereocenters. The van der Waals surface area contributed by atoms with E-state index in [2.05, 4.69) is 10.3 Å². The van der Waals surface area contributed by atoms with Crippen LogP contribution in [0.1, 0.15) is 36.5 Å². The van der Waals surface area contributed by atoms with Crippen LogP contribution >= 0.6 is 0 Å². The summed E-state index contributed by atoms with van der Waals surface area (Å²) in [5.41, 5.74) is 0.109. The number of pyridine rings is 1. The Morgan fingerprint density at radius 3 is 2.61 bits per heavy atom. The summed E-state index contributed by atoms with van der Waals surface area (Å²) in [7, 11) is 0. The summed E-state index contributed by atoms with van der Waals surface area (Å²) < 4.78 is 0. The van der Waals surface area contributed by atoms with Gasteiger partial charge in [-0.1, -0.05) is 13.0 Å². The number of hydrogen-bond donors (Lipinski definition) is 2. The zero-order chi connectivity index (χ0) is 13.8. The van der Waals surface area contributed by atoms with E-state index in [1.807, 2.05) is 0 Å². The van der Waals surface area contributed by atoms with Crippen molar-refractivity contribution in [3.8, 4) is 0 Å². The molecular weight excluding hydrogens is 232 g/mol. The van der Waals surface area contributed by atoms with E-state index in [1.54, 1.807) is 39.0 Å². The van der Waals surface area contributed by atoms with Gasteiger partial charge >= 0.3 is 5.97 Å². The number of rotatable bonds is 5. The summed E-state index contributed by atoms with van der Waals surface area (Å²) in [6, 6.07) is 5.14. The Kier molecular flexibility index (Phi) is 4.42. The van der Waals surface area contributed by atoms with Gasteiger partial charge in [0.05, 0.1) is 5.41 Å². The van der Waals surface area contributed by atoms with Crippen molar-refractivity contribution in [2.24, 2.45) is 5.41 Å². The van der Waals surface area contributed by atoms with Gasteiger partial charge in [0.2, 0.25) is 0 Å². The second-order valence-electron chi connectivity index (χ2n) is 4.57. The lowest BCUT2D eigenvalue weighted by molar-refractivity contribution is -0.147. The molecule has 0 fully saturated rings. The SMILES string of the molecule is CCC(C)(CNC(=O)c1cccc(C)n1)C(=O)O. The first kappa shape index (κ1) is 14.2. The van der Waals surface area contributed by atoms with E-state index >= 15 is 0 Å². The van der Waals surface area contributed by atoms with E-state index in [-0.39, 0.29) is 12.5 Å². The van der Waals surface area contributed by atoms with Gasteiger partial charge in [-0.05, 0) is 32.4 Å². The van der Waals surface area contributed by atoms with Crippen molar-refractivity contribution < 1.29 is 14.7 Å². The molecular formula is C13H18N2O3. The summed E-state index contributed by atoms with van der Waals surface area (Å²) in [4.78, 5) is 27.0. The highest BCUT2D eigenvalue weighted by molar-refractivity contribution is 5.92. The third-order valence-electron chi connectivity index (χ3n) is 3.06. The van der Waals surface area contributed by atoms with Gasteiger partial charge in [0, 0.05) is 12.2 Å². The van der Waals surface area contributed by atoms with Crippen LogP contribution in [0.5, 0.6) is 0 Å². The Bertz CT molecular complexity index is 459. The van der Waals surface area contributed by atoms with Crippen LogP contribution in [0, 0.1) is 12.3 Å². The molecule has 18 heavy (non-hydrogen) atoms. The normalized spacial score (nSPS) is 13.7. The number of hydrogen-bond acceptors (Lipinski definition) is 3. The number of nitrogens with one attached hydrogen (secondary N) is 1. The molecule has 0 bridgehead atoms. The first-order chi connectivity index (χ1) is 8.39. The Balaban J connectivity index is 2.69. The van der Waals surface area contributed by atoms with E-state index in [9.17, 15) is 9.59 Å². The van der Waals surface area contributed by atoms with Gasteiger partial charge < -0.3 is 10.4 Å².